The summed E-state index contributed by atoms with van der Waals surface area (Å²) < 4.78 is 0. The van der Waals surface area contributed by atoms with Gasteiger partial charge in [-0.2, -0.15) is 0 Å². The number of rotatable bonds is 11. The number of aliphatic carboxylic acids is 1. The molecule has 2 N–H and O–H groups in total. The van der Waals surface area contributed by atoms with Crippen molar-refractivity contribution in [1.29, 1.82) is 0 Å². The molecule has 1 rings (SSSR count). The third-order valence-electron chi connectivity index (χ3n) is 4.05. The summed E-state index contributed by atoms with van der Waals surface area (Å²) in [5.74, 6) is -1.49. The average Bonchev–Trinajstić information content (AvgIpc) is 2.85. The number of hydrogen-bond acceptors (Lipinski definition) is 5. The summed E-state index contributed by atoms with van der Waals surface area (Å²) in [4.78, 5) is 22.3. The van der Waals surface area contributed by atoms with Gasteiger partial charge in [-0.1, -0.05) is 50.1 Å². The molecule has 0 fully saturated rings. The number of ketones is 1. The second-order valence-corrected chi connectivity index (χ2v) is 6.24. The predicted octanol–water partition coefficient (Wildman–Crippen LogP) is -1.24. The van der Waals surface area contributed by atoms with Crippen molar-refractivity contribution >= 4 is 11.8 Å². The van der Waals surface area contributed by atoms with Crippen LogP contribution in [0.1, 0.15) is 51.9 Å². The molecule has 0 unspecified atom stereocenters. The summed E-state index contributed by atoms with van der Waals surface area (Å²) in [5.41, 5.74) is -1.09. The maximum atomic E-state index is 11.9. The Morgan fingerprint density at radius 3 is 2.73 bits per heavy atom. The van der Waals surface area contributed by atoms with E-state index in [0.29, 0.717) is 6.42 Å². The Bertz CT molecular complexity index is 577. The summed E-state index contributed by atoms with van der Waals surface area (Å²) in [7, 11) is 0. The minimum absolute atomic E-state index is 0. The van der Waals surface area contributed by atoms with E-state index in [1.54, 1.807) is 0 Å². The molecule has 0 saturated carbocycles. The minimum Gasteiger partial charge on any atom is -0.550 e. The van der Waals surface area contributed by atoms with Crippen molar-refractivity contribution in [1.82, 2.24) is 0 Å². The Hall–Kier alpha value is -0.980. The zero-order valence-corrected chi connectivity index (χ0v) is 17.7. The molecule has 0 aromatic carbocycles. The maximum Gasteiger partial charge on any atom is 1.00 e. The van der Waals surface area contributed by atoms with Crippen molar-refractivity contribution in [2.45, 2.75) is 63.6 Å². The number of hydrogen-bond donors (Lipinski definition) is 2. The van der Waals surface area contributed by atoms with E-state index in [0.717, 1.165) is 19.3 Å². The first-order valence-electron chi connectivity index (χ1n) is 8.77. The SMILES string of the molecule is CCCCC/C=C\C[C@]1(O)C=CC(=O)/C1=C/C=C/[C@H](O)CCC(=O)[O-].[Na+]. The monoisotopic (exact) mass is 370 g/mol. The van der Waals surface area contributed by atoms with Crippen LogP contribution in [-0.4, -0.2) is 33.7 Å². The average molecular weight is 370 g/mol. The molecular formula is C20H27NaO5. The fourth-order valence-electron chi connectivity index (χ4n) is 2.55. The van der Waals surface area contributed by atoms with Gasteiger partial charge in [0.25, 0.3) is 0 Å². The van der Waals surface area contributed by atoms with Crippen LogP contribution >= 0.6 is 0 Å². The van der Waals surface area contributed by atoms with Gasteiger partial charge in [-0.15, -0.1) is 0 Å². The quantitative estimate of drug-likeness (QED) is 0.205. The van der Waals surface area contributed by atoms with Crippen molar-refractivity contribution in [3.63, 3.8) is 0 Å². The summed E-state index contributed by atoms with van der Waals surface area (Å²) in [6, 6.07) is 0. The fourth-order valence-corrected chi connectivity index (χ4v) is 2.55. The normalized spacial score (nSPS) is 22.4. The molecule has 0 spiro atoms. The van der Waals surface area contributed by atoms with Crippen LogP contribution in [0.15, 0.2) is 48.1 Å². The van der Waals surface area contributed by atoms with E-state index in [1.807, 2.05) is 12.2 Å². The molecule has 0 aromatic rings. The van der Waals surface area contributed by atoms with Crippen molar-refractivity contribution in [2.75, 3.05) is 0 Å². The van der Waals surface area contributed by atoms with Crippen LogP contribution in [0.4, 0.5) is 0 Å². The summed E-state index contributed by atoms with van der Waals surface area (Å²) >= 11 is 0. The zero-order valence-electron chi connectivity index (χ0n) is 15.7. The molecular weight excluding hydrogens is 343 g/mol. The number of carbonyl (C=O) groups excluding carboxylic acids is 2. The van der Waals surface area contributed by atoms with Crippen LogP contribution < -0.4 is 34.7 Å². The van der Waals surface area contributed by atoms with E-state index in [9.17, 15) is 24.9 Å². The number of carboxylic acid groups (broad SMARTS) is 1. The topological polar surface area (TPSA) is 97.7 Å². The zero-order chi connectivity index (χ0) is 18.7. The Labute approximate surface area is 177 Å². The van der Waals surface area contributed by atoms with E-state index < -0.39 is 17.7 Å². The molecule has 6 heteroatoms. The van der Waals surface area contributed by atoms with Gasteiger partial charge in [0.15, 0.2) is 5.78 Å². The van der Waals surface area contributed by atoms with Gasteiger partial charge in [-0.3, -0.25) is 4.79 Å². The molecule has 0 amide bonds. The van der Waals surface area contributed by atoms with Crippen molar-refractivity contribution in [3.05, 3.63) is 48.1 Å². The number of aliphatic hydroxyl groups excluding tert-OH is 1. The van der Waals surface area contributed by atoms with Crippen molar-refractivity contribution < 1.29 is 54.5 Å². The molecule has 5 nitrogen and oxygen atoms in total. The molecule has 2 atom stereocenters. The van der Waals surface area contributed by atoms with Gasteiger partial charge >= 0.3 is 29.6 Å². The van der Waals surface area contributed by atoms with Crippen LogP contribution in [0.25, 0.3) is 0 Å². The van der Waals surface area contributed by atoms with Gasteiger partial charge in [-0.25, -0.2) is 0 Å². The Balaban J connectivity index is 0.00000625. The van der Waals surface area contributed by atoms with Gasteiger partial charge in [0.2, 0.25) is 0 Å². The summed E-state index contributed by atoms with van der Waals surface area (Å²) in [6.07, 6.45) is 14.6. The van der Waals surface area contributed by atoms with E-state index in [4.69, 9.17) is 0 Å². The predicted molar refractivity (Wildman–Crippen MR) is 94.5 cm³/mol. The Morgan fingerprint density at radius 1 is 1.35 bits per heavy atom. The van der Waals surface area contributed by atoms with E-state index in [2.05, 4.69) is 6.92 Å². The molecule has 1 aliphatic carbocycles. The second-order valence-electron chi connectivity index (χ2n) is 6.24. The van der Waals surface area contributed by atoms with Gasteiger partial charge in [0, 0.05) is 18.0 Å². The first-order chi connectivity index (χ1) is 11.9. The van der Waals surface area contributed by atoms with Gasteiger partial charge < -0.3 is 20.1 Å². The van der Waals surface area contributed by atoms with Crippen molar-refractivity contribution in [2.24, 2.45) is 0 Å². The second kappa shape index (κ2) is 13.2. The standard InChI is InChI=1S/C20H28O5.Na/c1-2-3-4-5-6-7-14-20(25)15-13-18(22)17(20)10-8-9-16(21)11-12-19(23)24;/h6-10,13,15-16,21,25H,2-5,11-12,14H2,1H3,(H,23,24);/q;+1/p-1/b7-6-,9-8+,17-10-;/t16-,20-;/m0./s1. The smallest absolute Gasteiger partial charge is 0.550 e. The molecule has 0 heterocycles. The Kier molecular flexibility index (Phi) is 12.7. The first kappa shape index (κ1) is 25.0. The van der Waals surface area contributed by atoms with Crippen LogP contribution in [0, 0.1) is 0 Å². The molecule has 0 aliphatic heterocycles. The van der Waals surface area contributed by atoms with Crippen LogP contribution in [0.3, 0.4) is 0 Å². The first-order valence-corrected chi connectivity index (χ1v) is 8.77. The fraction of sp³-hybridized carbons (Fsp3) is 0.500. The number of carboxylic acids is 1. The van der Waals surface area contributed by atoms with Crippen LogP contribution in [0.2, 0.25) is 0 Å². The van der Waals surface area contributed by atoms with E-state index in [1.165, 1.54) is 36.8 Å². The van der Waals surface area contributed by atoms with Crippen LogP contribution in [-0.2, 0) is 9.59 Å². The minimum atomic E-state index is -1.33. The third kappa shape index (κ3) is 9.10. The Morgan fingerprint density at radius 2 is 2.08 bits per heavy atom. The molecule has 0 radical (unpaired) electrons. The number of carbonyl (C=O) groups is 2. The van der Waals surface area contributed by atoms with Gasteiger partial charge in [0.05, 0.1) is 6.10 Å². The molecule has 0 aromatic heterocycles. The molecule has 138 valence electrons. The number of allylic oxidation sites excluding steroid dienone is 4. The summed E-state index contributed by atoms with van der Waals surface area (Å²) in [6.45, 7) is 2.14. The molecule has 0 bridgehead atoms. The number of unbranched alkanes of at least 4 members (excludes halogenated alkanes) is 3. The van der Waals surface area contributed by atoms with E-state index in [-0.39, 0.29) is 53.8 Å². The third-order valence-corrected chi connectivity index (χ3v) is 4.05. The summed E-state index contributed by atoms with van der Waals surface area (Å²) in [5, 5.41) is 30.6. The molecule has 0 saturated heterocycles. The van der Waals surface area contributed by atoms with Gasteiger partial charge in [-0.05, 0) is 37.8 Å². The van der Waals surface area contributed by atoms with Crippen LogP contribution in [0.5, 0.6) is 0 Å². The maximum absolute atomic E-state index is 11.9. The number of aliphatic hydroxyl groups is 2. The van der Waals surface area contributed by atoms with E-state index >= 15 is 0 Å². The largest absolute Gasteiger partial charge is 1.00 e. The van der Waals surface area contributed by atoms with Crippen molar-refractivity contribution in [3.8, 4) is 0 Å². The molecule has 26 heavy (non-hydrogen) atoms. The molecule has 1 aliphatic rings. The van der Waals surface area contributed by atoms with Gasteiger partial charge in [0.1, 0.15) is 5.60 Å².